The fourth-order valence-electron chi connectivity index (χ4n) is 3.16. The van der Waals surface area contributed by atoms with Crippen molar-refractivity contribution in [2.75, 3.05) is 6.54 Å². The van der Waals surface area contributed by atoms with Gasteiger partial charge >= 0.3 is 6.03 Å². The zero-order valence-electron chi connectivity index (χ0n) is 13.3. The van der Waals surface area contributed by atoms with E-state index in [2.05, 4.69) is 16.2 Å². The number of hydrazine groups is 1. The number of carbonyl (C=O) groups excluding carboxylic acids is 4. The van der Waals surface area contributed by atoms with E-state index in [-0.39, 0.29) is 16.5 Å². The second-order valence-corrected chi connectivity index (χ2v) is 6.50. The number of amides is 5. The molecule has 132 valence electrons. The SMILES string of the molecule is O=C(CN1C(=O)NC2(CCCC2)C1=O)NNC(=O)c1ccccc1Cl. The van der Waals surface area contributed by atoms with Crippen molar-refractivity contribution in [3.63, 3.8) is 0 Å². The standard InChI is InChI=1S/C16H17ClN4O4/c17-11-6-2-1-5-10(11)13(23)20-19-12(22)9-21-14(24)16(18-15(21)25)7-3-4-8-16/h1-2,5-6H,3-4,7-9H2,(H,18,25)(H,19,22)(H,20,23). The van der Waals surface area contributed by atoms with Crippen molar-refractivity contribution in [3.8, 4) is 0 Å². The van der Waals surface area contributed by atoms with Gasteiger partial charge in [-0.1, -0.05) is 36.6 Å². The lowest BCUT2D eigenvalue weighted by Crippen LogP contribution is -2.48. The van der Waals surface area contributed by atoms with Gasteiger partial charge in [-0.05, 0) is 25.0 Å². The van der Waals surface area contributed by atoms with Crippen LogP contribution in [0, 0.1) is 0 Å². The second-order valence-electron chi connectivity index (χ2n) is 6.09. The third-order valence-corrected chi connectivity index (χ3v) is 4.77. The third kappa shape index (κ3) is 3.30. The highest BCUT2D eigenvalue weighted by atomic mass is 35.5. The molecule has 5 amide bonds. The average Bonchev–Trinajstić information content (AvgIpc) is 3.14. The van der Waals surface area contributed by atoms with E-state index in [0.29, 0.717) is 12.8 Å². The number of rotatable bonds is 3. The summed E-state index contributed by atoms with van der Waals surface area (Å²) in [5.41, 5.74) is 3.73. The van der Waals surface area contributed by atoms with E-state index >= 15 is 0 Å². The largest absolute Gasteiger partial charge is 0.325 e. The Balaban J connectivity index is 1.56. The zero-order valence-corrected chi connectivity index (χ0v) is 14.1. The molecule has 1 aliphatic carbocycles. The van der Waals surface area contributed by atoms with Gasteiger partial charge in [-0.2, -0.15) is 0 Å². The fraction of sp³-hybridized carbons (Fsp3) is 0.375. The van der Waals surface area contributed by atoms with Crippen LogP contribution < -0.4 is 16.2 Å². The van der Waals surface area contributed by atoms with Crippen LogP contribution >= 0.6 is 11.6 Å². The highest BCUT2D eigenvalue weighted by Crippen LogP contribution is 2.34. The first-order valence-corrected chi connectivity index (χ1v) is 8.28. The molecule has 9 heteroatoms. The smallest absolute Gasteiger partial charge is 0.323 e. The van der Waals surface area contributed by atoms with Gasteiger partial charge in [0.05, 0.1) is 10.6 Å². The Morgan fingerprint density at radius 1 is 1.16 bits per heavy atom. The van der Waals surface area contributed by atoms with Crippen molar-refractivity contribution >= 4 is 35.4 Å². The first-order chi connectivity index (χ1) is 11.9. The predicted molar refractivity (Wildman–Crippen MR) is 88.5 cm³/mol. The van der Waals surface area contributed by atoms with E-state index in [1.54, 1.807) is 18.2 Å². The minimum Gasteiger partial charge on any atom is -0.323 e. The molecule has 1 heterocycles. The highest BCUT2D eigenvalue weighted by molar-refractivity contribution is 6.33. The summed E-state index contributed by atoms with van der Waals surface area (Å²) in [6.45, 7) is -0.463. The van der Waals surface area contributed by atoms with Crippen LogP contribution in [-0.2, 0) is 9.59 Å². The van der Waals surface area contributed by atoms with Gasteiger partial charge in [-0.25, -0.2) is 4.79 Å². The van der Waals surface area contributed by atoms with Gasteiger partial charge < -0.3 is 5.32 Å². The van der Waals surface area contributed by atoms with Gasteiger partial charge in [0.1, 0.15) is 12.1 Å². The summed E-state index contributed by atoms with van der Waals surface area (Å²) in [6.07, 6.45) is 2.89. The molecule has 0 aromatic heterocycles. The van der Waals surface area contributed by atoms with Crippen molar-refractivity contribution < 1.29 is 19.2 Å². The van der Waals surface area contributed by atoms with Gasteiger partial charge in [-0.15, -0.1) is 0 Å². The lowest BCUT2D eigenvalue weighted by Gasteiger charge is -2.19. The summed E-state index contributed by atoms with van der Waals surface area (Å²) in [7, 11) is 0. The Hall–Kier alpha value is -2.61. The second kappa shape index (κ2) is 6.72. The molecule has 0 bridgehead atoms. The quantitative estimate of drug-likeness (QED) is 0.548. The summed E-state index contributed by atoms with van der Waals surface area (Å²) in [6, 6.07) is 5.78. The van der Waals surface area contributed by atoms with Gasteiger partial charge in [0.15, 0.2) is 0 Å². The Bertz CT molecular complexity index is 745. The topological polar surface area (TPSA) is 108 Å². The molecule has 1 aromatic rings. The molecule has 2 aliphatic rings. The van der Waals surface area contributed by atoms with E-state index in [0.717, 1.165) is 17.7 Å². The van der Waals surface area contributed by atoms with Crippen molar-refractivity contribution in [3.05, 3.63) is 34.9 Å². The van der Waals surface area contributed by atoms with Gasteiger partial charge in [-0.3, -0.25) is 30.1 Å². The summed E-state index contributed by atoms with van der Waals surface area (Å²) in [5.74, 6) is -1.66. The van der Waals surface area contributed by atoms with Crippen molar-refractivity contribution in [1.29, 1.82) is 0 Å². The molecule has 3 N–H and O–H groups in total. The van der Waals surface area contributed by atoms with Gasteiger partial charge in [0, 0.05) is 0 Å². The van der Waals surface area contributed by atoms with Crippen LogP contribution in [0.2, 0.25) is 5.02 Å². The molecule has 0 radical (unpaired) electrons. The number of nitrogens with zero attached hydrogens (tertiary/aromatic N) is 1. The van der Waals surface area contributed by atoms with Crippen LogP contribution in [0.5, 0.6) is 0 Å². The Morgan fingerprint density at radius 2 is 1.84 bits per heavy atom. The molecule has 1 saturated carbocycles. The summed E-state index contributed by atoms with van der Waals surface area (Å²) >= 11 is 5.90. The maximum absolute atomic E-state index is 12.4. The Labute approximate surface area is 148 Å². The van der Waals surface area contributed by atoms with Crippen LogP contribution in [0.1, 0.15) is 36.0 Å². The molecule has 2 fully saturated rings. The third-order valence-electron chi connectivity index (χ3n) is 4.44. The fourth-order valence-corrected chi connectivity index (χ4v) is 3.38. The van der Waals surface area contributed by atoms with Crippen LogP contribution in [0.4, 0.5) is 4.79 Å². The summed E-state index contributed by atoms with van der Waals surface area (Å²) < 4.78 is 0. The number of halogens is 1. The lowest BCUT2D eigenvalue weighted by molar-refractivity contribution is -0.135. The lowest BCUT2D eigenvalue weighted by atomic mass is 9.98. The van der Waals surface area contributed by atoms with E-state index in [1.165, 1.54) is 6.07 Å². The molecule has 8 nitrogen and oxygen atoms in total. The molecular formula is C16H17ClN4O4. The number of hydrogen-bond donors (Lipinski definition) is 3. The molecule has 3 rings (SSSR count). The van der Waals surface area contributed by atoms with Crippen molar-refractivity contribution in [2.45, 2.75) is 31.2 Å². The monoisotopic (exact) mass is 364 g/mol. The zero-order chi connectivity index (χ0) is 18.0. The summed E-state index contributed by atoms with van der Waals surface area (Å²) in [4.78, 5) is 49.3. The minimum absolute atomic E-state index is 0.198. The van der Waals surface area contributed by atoms with Crippen LogP contribution in [0.15, 0.2) is 24.3 Å². The molecule has 0 atom stereocenters. The number of urea groups is 1. The van der Waals surface area contributed by atoms with Crippen LogP contribution in [0.25, 0.3) is 0 Å². The minimum atomic E-state index is -0.863. The van der Waals surface area contributed by atoms with E-state index in [1.807, 2.05) is 0 Å². The molecule has 0 unspecified atom stereocenters. The normalized spacial score (nSPS) is 18.4. The predicted octanol–water partition coefficient (Wildman–Crippen LogP) is 0.966. The van der Waals surface area contributed by atoms with Crippen molar-refractivity contribution in [2.24, 2.45) is 0 Å². The van der Waals surface area contributed by atoms with Crippen LogP contribution in [-0.4, -0.2) is 40.7 Å². The maximum Gasteiger partial charge on any atom is 0.325 e. The number of imide groups is 1. The maximum atomic E-state index is 12.4. The van der Waals surface area contributed by atoms with E-state index < -0.39 is 29.9 Å². The molecule has 1 aromatic carbocycles. The van der Waals surface area contributed by atoms with Gasteiger partial charge in [0.25, 0.3) is 17.7 Å². The van der Waals surface area contributed by atoms with E-state index in [4.69, 9.17) is 11.6 Å². The number of hydrogen-bond acceptors (Lipinski definition) is 4. The molecule has 1 spiro atoms. The van der Waals surface area contributed by atoms with Gasteiger partial charge in [0.2, 0.25) is 0 Å². The Kier molecular flexibility index (Phi) is 4.63. The number of nitrogens with one attached hydrogen (secondary N) is 3. The highest BCUT2D eigenvalue weighted by Gasteiger charge is 2.52. The molecular weight excluding hydrogens is 348 g/mol. The molecule has 25 heavy (non-hydrogen) atoms. The summed E-state index contributed by atoms with van der Waals surface area (Å²) in [5, 5.41) is 2.93. The number of carbonyl (C=O) groups is 4. The average molecular weight is 365 g/mol. The van der Waals surface area contributed by atoms with Crippen LogP contribution in [0.3, 0.4) is 0 Å². The molecule has 1 aliphatic heterocycles. The molecule has 1 saturated heterocycles. The van der Waals surface area contributed by atoms with E-state index in [9.17, 15) is 19.2 Å². The van der Waals surface area contributed by atoms with Crippen molar-refractivity contribution in [1.82, 2.24) is 21.1 Å². The first-order valence-electron chi connectivity index (χ1n) is 7.91. The first kappa shape index (κ1) is 17.2. The Morgan fingerprint density at radius 3 is 2.52 bits per heavy atom. The number of benzene rings is 1.